The van der Waals surface area contributed by atoms with Gasteiger partial charge in [-0.2, -0.15) is 0 Å². The van der Waals surface area contributed by atoms with Crippen LogP contribution < -0.4 is 5.32 Å². The van der Waals surface area contributed by atoms with Crippen LogP contribution in [0.3, 0.4) is 0 Å². The van der Waals surface area contributed by atoms with E-state index in [1.165, 1.54) is 48.1 Å². The van der Waals surface area contributed by atoms with Gasteiger partial charge in [-0.1, -0.05) is 28.1 Å². The first-order valence-corrected chi connectivity index (χ1v) is 8.34. The van der Waals surface area contributed by atoms with Crippen molar-refractivity contribution in [2.45, 2.75) is 24.9 Å². The van der Waals surface area contributed by atoms with Crippen molar-refractivity contribution in [2.75, 3.05) is 40.3 Å². The van der Waals surface area contributed by atoms with Gasteiger partial charge in [0.25, 0.3) is 0 Å². The molecule has 1 N–H and O–H groups in total. The summed E-state index contributed by atoms with van der Waals surface area (Å²) in [5, 5.41) is 3.80. The molecule has 1 aliphatic heterocycles. The molecule has 1 aromatic carbocycles. The van der Waals surface area contributed by atoms with Crippen LogP contribution in [0.15, 0.2) is 22.7 Å². The minimum atomic E-state index is 0.531. The Labute approximate surface area is 130 Å². The first kappa shape index (κ1) is 14.5. The van der Waals surface area contributed by atoms with E-state index >= 15 is 0 Å². The topological polar surface area (TPSA) is 18.5 Å². The molecular formula is C16H24BrN3. The summed E-state index contributed by atoms with van der Waals surface area (Å²) in [7, 11) is 4.47. The van der Waals surface area contributed by atoms with Crippen LogP contribution >= 0.6 is 15.9 Å². The number of nitrogens with one attached hydrogen (secondary N) is 1. The molecule has 1 heterocycles. The Balaban J connectivity index is 1.62. The summed E-state index contributed by atoms with van der Waals surface area (Å²) in [5.41, 5.74) is 2.99. The van der Waals surface area contributed by atoms with Crippen LogP contribution in [-0.4, -0.2) is 56.1 Å². The highest BCUT2D eigenvalue weighted by molar-refractivity contribution is 9.10. The van der Waals surface area contributed by atoms with Crippen molar-refractivity contribution in [3.63, 3.8) is 0 Å². The van der Waals surface area contributed by atoms with Crippen molar-refractivity contribution >= 4 is 15.9 Å². The second kappa shape index (κ2) is 6.14. The van der Waals surface area contributed by atoms with Crippen LogP contribution in [0.2, 0.25) is 0 Å². The molecule has 2 aliphatic rings. The SMILES string of the molecule is CN1CCN(C)[C@@H](CN[C@@H]2CCc3c(Br)cccc32)C1. The molecule has 3 rings (SSSR count). The van der Waals surface area contributed by atoms with Gasteiger partial charge in [0.15, 0.2) is 0 Å². The van der Waals surface area contributed by atoms with E-state index in [1.54, 1.807) is 0 Å². The third-order valence-electron chi connectivity index (χ3n) is 4.79. The van der Waals surface area contributed by atoms with E-state index in [1.807, 2.05) is 0 Å². The Hall–Kier alpha value is -0.420. The van der Waals surface area contributed by atoms with Gasteiger partial charge in [-0.25, -0.2) is 0 Å². The van der Waals surface area contributed by atoms with Crippen LogP contribution in [0.25, 0.3) is 0 Å². The smallest absolute Gasteiger partial charge is 0.0345 e. The Morgan fingerprint density at radius 3 is 3.00 bits per heavy atom. The van der Waals surface area contributed by atoms with Gasteiger partial charge >= 0.3 is 0 Å². The monoisotopic (exact) mass is 337 g/mol. The number of piperazine rings is 1. The van der Waals surface area contributed by atoms with E-state index < -0.39 is 0 Å². The predicted octanol–water partition coefficient (Wildman–Crippen LogP) is 2.27. The summed E-state index contributed by atoms with van der Waals surface area (Å²) in [6, 6.07) is 7.75. The zero-order valence-corrected chi connectivity index (χ0v) is 14.0. The molecule has 1 aromatic rings. The second-order valence-electron chi connectivity index (χ2n) is 6.20. The van der Waals surface area contributed by atoms with Crippen molar-refractivity contribution < 1.29 is 0 Å². The normalized spacial score (nSPS) is 27.8. The van der Waals surface area contributed by atoms with Crippen molar-refractivity contribution in [1.29, 1.82) is 0 Å². The molecule has 110 valence electrons. The maximum absolute atomic E-state index is 3.80. The molecule has 3 nitrogen and oxygen atoms in total. The molecule has 0 bridgehead atoms. The highest BCUT2D eigenvalue weighted by Crippen LogP contribution is 2.35. The quantitative estimate of drug-likeness (QED) is 0.912. The summed E-state index contributed by atoms with van der Waals surface area (Å²) in [6.07, 6.45) is 2.42. The highest BCUT2D eigenvalue weighted by Gasteiger charge is 2.26. The Morgan fingerprint density at radius 1 is 1.30 bits per heavy atom. The van der Waals surface area contributed by atoms with Crippen molar-refractivity contribution in [3.05, 3.63) is 33.8 Å². The lowest BCUT2D eigenvalue weighted by molar-refractivity contribution is 0.111. The molecule has 0 unspecified atom stereocenters. The number of nitrogens with zero attached hydrogens (tertiary/aromatic N) is 2. The van der Waals surface area contributed by atoms with Gasteiger partial charge in [0.1, 0.15) is 0 Å². The second-order valence-corrected chi connectivity index (χ2v) is 7.06. The van der Waals surface area contributed by atoms with Gasteiger partial charge in [-0.05, 0) is 44.1 Å². The lowest BCUT2D eigenvalue weighted by atomic mass is 10.1. The van der Waals surface area contributed by atoms with Gasteiger partial charge < -0.3 is 10.2 Å². The van der Waals surface area contributed by atoms with E-state index in [4.69, 9.17) is 0 Å². The van der Waals surface area contributed by atoms with Gasteiger partial charge in [0, 0.05) is 42.7 Å². The molecule has 1 fully saturated rings. The lowest BCUT2D eigenvalue weighted by Gasteiger charge is -2.38. The summed E-state index contributed by atoms with van der Waals surface area (Å²) in [5.74, 6) is 0. The van der Waals surface area contributed by atoms with Gasteiger partial charge in [0.2, 0.25) is 0 Å². The molecular weight excluding hydrogens is 314 g/mol. The Morgan fingerprint density at radius 2 is 2.15 bits per heavy atom. The fourth-order valence-corrected chi connectivity index (χ4v) is 4.00. The summed E-state index contributed by atoms with van der Waals surface area (Å²) in [6.45, 7) is 4.61. The largest absolute Gasteiger partial charge is 0.308 e. The molecule has 4 heteroatoms. The van der Waals surface area contributed by atoms with Crippen LogP contribution in [-0.2, 0) is 6.42 Å². The third-order valence-corrected chi connectivity index (χ3v) is 5.54. The van der Waals surface area contributed by atoms with E-state index in [2.05, 4.69) is 63.3 Å². The van der Waals surface area contributed by atoms with Crippen molar-refractivity contribution in [3.8, 4) is 0 Å². The molecule has 1 aliphatic carbocycles. The summed E-state index contributed by atoms with van der Waals surface area (Å²) >= 11 is 3.68. The molecule has 0 radical (unpaired) electrons. The first-order valence-electron chi connectivity index (χ1n) is 7.54. The molecule has 0 aromatic heterocycles. The third kappa shape index (κ3) is 2.93. The van der Waals surface area contributed by atoms with Crippen LogP contribution in [0.5, 0.6) is 0 Å². The van der Waals surface area contributed by atoms with Gasteiger partial charge in [-0.3, -0.25) is 4.90 Å². The van der Waals surface area contributed by atoms with Crippen LogP contribution in [0, 0.1) is 0 Å². The Kier molecular flexibility index (Phi) is 4.46. The first-order chi connectivity index (χ1) is 9.65. The fourth-order valence-electron chi connectivity index (χ4n) is 3.42. The van der Waals surface area contributed by atoms with E-state index in [0.717, 1.165) is 6.54 Å². The number of rotatable bonds is 3. The zero-order valence-electron chi connectivity index (χ0n) is 12.4. The minimum Gasteiger partial charge on any atom is -0.308 e. The predicted molar refractivity (Wildman–Crippen MR) is 87.1 cm³/mol. The highest BCUT2D eigenvalue weighted by atomic mass is 79.9. The number of hydrogen-bond donors (Lipinski definition) is 1. The Bertz CT molecular complexity index is 477. The van der Waals surface area contributed by atoms with E-state index in [0.29, 0.717) is 12.1 Å². The zero-order chi connectivity index (χ0) is 14.1. The van der Waals surface area contributed by atoms with Gasteiger partial charge in [0.05, 0.1) is 0 Å². The maximum atomic E-state index is 3.80. The lowest BCUT2D eigenvalue weighted by Crippen LogP contribution is -2.54. The standard InChI is InChI=1S/C16H24BrN3/c1-19-8-9-20(2)12(11-19)10-18-16-7-6-13-14(16)4-3-5-15(13)17/h3-5,12,16,18H,6-11H2,1-2H3/t12-,16+/m0/s1. The fraction of sp³-hybridized carbons (Fsp3) is 0.625. The average molecular weight is 338 g/mol. The molecule has 1 saturated heterocycles. The van der Waals surface area contributed by atoms with E-state index in [-0.39, 0.29) is 0 Å². The molecule has 0 spiro atoms. The van der Waals surface area contributed by atoms with Crippen molar-refractivity contribution in [2.24, 2.45) is 0 Å². The maximum Gasteiger partial charge on any atom is 0.0345 e. The molecule has 2 atom stereocenters. The number of hydrogen-bond acceptors (Lipinski definition) is 3. The molecule has 20 heavy (non-hydrogen) atoms. The number of halogens is 1. The average Bonchev–Trinajstić information content (AvgIpc) is 2.85. The minimum absolute atomic E-state index is 0.531. The van der Waals surface area contributed by atoms with Crippen LogP contribution in [0.1, 0.15) is 23.6 Å². The van der Waals surface area contributed by atoms with Crippen LogP contribution in [0.4, 0.5) is 0 Å². The van der Waals surface area contributed by atoms with Gasteiger partial charge in [-0.15, -0.1) is 0 Å². The molecule has 0 amide bonds. The summed E-state index contributed by atoms with van der Waals surface area (Å²) < 4.78 is 1.27. The number of fused-ring (bicyclic) bond motifs is 1. The molecule has 0 saturated carbocycles. The number of likely N-dealkylation sites (N-methyl/N-ethyl adjacent to an activating group) is 2. The van der Waals surface area contributed by atoms with Crippen molar-refractivity contribution in [1.82, 2.24) is 15.1 Å². The number of benzene rings is 1. The van der Waals surface area contributed by atoms with E-state index in [9.17, 15) is 0 Å². The summed E-state index contributed by atoms with van der Waals surface area (Å²) in [4.78, 5) is 4.93.